The van der Waals surface area contributed by atoms with Crippen LogP contribution in [0.15, 0.2) is 12.1 Å². The summed E-state index contributed by atoms with van der Waals surface area (Å²) in [6, 6.07) is 2.68. The Morgan fingerprint density at radius 3 is 2.83 bits per heavy atom. The third-order valence-corrected chi connectivity index (χ3v) is 2.56. The SMILES string of the molecule is CCOC(=O)c1c(C)nn2c(OC)ccc(F)c12. The van der Waals surface area contributed by atoms with E-state index in [1.807, 2.05) is 0 Å². The number of halogens is 1. The van der Waals surface area contributed by atoms with Crippen LogP contribution in [0.5, 0.6) is 5.88 Å². The number of methoxy groups -OCH3 is 1. The van der Waals surface area contributed by atoms with Crippen molar-refractivity contribution in [1.82, 2.24) is 9.61 Å². The number of pyridine rings is 1. The van der Waals surface area contributed by atoms with Gasteiger partial charge in [-0.1, -0.05) is 0 Å². The number of ether oxygens (including phenoxy) is 2. The summed E-state index contributed by atoms with van der Waals surface area (Å²) in [5.74, 6) is -0.776. The van der Waals surface area contributed by atoms with Gasteiger partial charge in [-0.3, -0.25) is 0 Å². The second kappa shape index (κ2) is 4.64. The minimum absolute atomic E-state index is 0.0744. The number of aryl methyl sites for hydroxylation is 1. The number of nitrogens with zero attached hydrogens (tertiary/aromatic N) is 2. The summed E-state index contributed by atoms with van der Waals surface area (Å²) in [6.07, 6.45) is 0. The van der Waals surface area contributed by atoms with Crippen LogP contribution < -0.4 is 4.74 Å². The van der Waals surface area contributed by atoms with Crippen molar-refractivity contribution in [2.24, 2.45) is 0 Å². The fourth-order valence-corrected chi connectivity index (χ4v) is 1.80. The quantitative estimate of drug-likeness (QED) is 0.784. The van der Waals surface area contributed by atoms with E-state index < -0.39 is 11.8 Å². The first-order valence-corrected chi connectivity index (χ1v) is 5.49. The number of carbonyl (C=O) groups excluding carboxylic acids is 1. The van der Waals surface area contributed by atoms with E-state index in [4.69, 9.17) is 9.47 Å². The maximum absolute atomic E-state index is 13.9. The summed E-state index contributed by atoms with van der Waals surface area (Å²) in [4.78, 5) is 11.8. The van der Waals surface area contributed by atoms with Crippen LogP contribution in [0.25, 0.3) is 5.52 Å². The average Bonchev–Trinajstić information content (AvgIpc) is 2.68. The number of aromatic nitrogens is 2. The minimum atomic E-state index is -0.586. The van der Waals surface area contributed by atoms with Crippen molar-refractivity contribution in [3.63, 3.8) is 0 Å². The van der Waals surface area contributed by atoms with E-state index in [2.05, 4.69) is 5.10 Å². The summed E-state index contributed by atoms with van der Waals surface area (Å²) in [6.45, 7) is 3.54. The molecule has 0 saturated heterocycles. The Morgan fingerprint density at radius 1 is 1.50 bits per heavy atom. The largest absolute Gasteiger partial charge is 0.481 e. The predicted molar refractivity (Wildman–Crippen MR) is 62.4 cm³/mol. The molecular formula is C12H13FN2O3. The number of fused-ring (bicyclic) bond motifs is 1. The van der Waals surface area contributed by atoms with Gasteiger partial charge in [-0.25, -0.2) is 9.18 Å². The van der Waals surface area contributed by atoms with Gasteiger partial charge in [-0.05, 0) is 19.9 Å². The van der Waals surface area contributed by atoms with Crippen molar-refractivity contribution >= 4 is 11.5 Å². The van der Waals surface area contributed by atoms with Gasteiger partial charge >= 0.3 is 5.97 Å². The van der Waals surface area contributed by atoms with Crippen molar-refractivity contribution in [3.8, 4) is 5.88 Å². The van der Waals surface area contributed by atoms with Crippen LogP contribution in [0.2, 0.25) is 0 Å². The topological polar surface area (TPSA) is 52.8 Å². The van der Waals surface area contributed by atoms with Gasteiger partial charge in [-0.2, -0.15) is 9.61 Å². The molecule has 0 amide bonds. The molecule has 2 heterocycles. The number of carbonyl (C=O) groups is 1. The molecule has 0 aliphatic carbocycles. The lowest BCUT2D eigenvalue weighted by molar-refractivity contribution is 0.0527. The van der Waals surface area contributed by atoms with Crippen molar-refractivity contribution in [3.05, 3.63) is 29.2 Å². The first kappa shape index (κ1) is 12.3. The van der Waals surface area contributed by atoms with E-state index in [0.29, 0.717) is 11.6 Å². The van der Waals surface area contributed by atoms with Crippen LogP contribution in [-0.4, -0.2) is 29.3 Å². The molecule has 0 bridgehead atoms. The third kappa shape index (κ3) is 1.79. The van der Waals surface area contributed by atoms with Crippen molar-refractivity contribution < 1.29 is 18.7 Å². The molecule has 0 unspecified atom stereocenters. The van der Waals surface area contributed by atoms with Crippen LogP contribution in [-0.2, 0) is 4.74 Å². The van der Waals surface area contributed by atoms with Crippen molar-refractivity contribution in [2.45, 2.75) is 13.8 Å². The minimum Gasteiger partial charge on any atom is -0.481 e. The Hall–Kier alpha value is -2.11. The van der Waals surface area contributed by atoms with Gasteiger partial charge in [0.15, 0.2) is 0 Å². The molecule has 96 valence electrons. The Labute approximate surface area is 103 Å². The zero-order valence-electron chi connectivity index (χ0n) is 10.4. The molecule has 0 atom stereocenters. The van der Waals surface area contributed by atoms with Gasteiger partial charge < -0.3 is 9.47 Å². The molecule has 5 nitrogen and oxygen atoms in total. The second-order valence-corrected chi connectivity index (χ2v) is 3.66. The van der Waals surface area contributed by atoms with Crippen LogP contribution in [0.4, 0.5) is 4.39 Å². The molecule has 2 aromatic rings. The number of hydrogen-bond acceptors (Lipinski definition) is 4. The van der Waals surface area contributed by atoms with Crippen molar-refractivity contribution in [1.29, 1.82) is 0 Å². The molecule has 0 fully saturated rings. The van der Waals surface area contributed by atoms with Gasteiger partial charge in [0.2, 0.25) is 5.88 Å². The zero-order chi connectivity index (χ0) is 13.3. The molecule has 18 heavy (non-hydrogen) atoms. The number of esters is 1. The Balaban J connectivity index is 2.74. The van der Waals surface area contributed by atoms with E-state index in [-0.39, 0.29) is 17.7 Å². The van der Waals surface area contributed by atoms with Crippen LogP contribution in [0, 0.1) is 12.7 Å². The maximum atomic E-state index is 13.9. The van der Waals surface area contributed by atoms with Gasteiger partial charge in [0.25, 0.3) is 0 Å². The lowest BCUT2D eigenvalue weighted by atomic mass is 10.2. The highest BCUT2D eigenvalue weighted by atomic mass is 19.1. The Bertz CT molecular complexity index is 607. The molecular weight excluding hydrogens is 239 g/mol. The molecule has 0 spiro atoms. The van der Waals surface area contributed by atoms with Crippen LogP contribution in [0.3, 0.4) is 0 Å². The van der Waals surface area contributed by atoms with E-state index in [0.717, 1.165) is 0 Å². The van der Waals surface area contributed by atoms with E-state index in [1.54, 1.807) is 13.8 Å². The molecule has 0 aliphatic heterocycles. The average molecular weight is 252 g/mol. The Kier molecular flexibility index (Phi) is 3.18. The highest BCUT2D eigenvalue weighted by Crippen LogP contribution is 2.24. The standard InChI is InChI=1S/C12H13FN2O3/c1-4-18-12(16)10-7(2)14-15-9(17-3)6-5-8(13)11(10)15/h5-6H,4H2,1-3H3. The monoisotopic (exact) mass is 252 g/mol. The number of rotatable bonds is 3. The summed E-state index contributed by atoms with van der Waals surface area (Å²) < 4.78 is 25.1. The lowest BCUT2D eigenvalue weighted by Crippen LogP contribution is -2.06. The molecule has 0 aromatic carbocycles. The lowest BCUT2D eigenvalue weighted by Gasteiger charge is -2.04. The smallest absolute Gasteiger partial charge is 0.342 e. The van der Waals surface area contributed by atoms with Crippen molar-refractivity contribution in [2.75, 3.05) is 13.7 Å². The molecule has 2 aromatic heterocycles. The first-order chi connectivity index (χ1) is 8.60. The zero-order valence-corrected chi connectivity index (χ0v) is 10.4. The fourth-order valence-electron chi connectivity index (χ4n) is 1.80. The van der Waals surface area contributed by atoms with E-state index in [1.165, 1.54) is 23.8 Å². The summed E-state index contributed by atoms with van der Waals surface area (Å²) in [5, 5.41) is 4.10. The molecule has 6 heteroatoms. The third-order valence-electron chi connectivity index (χ3n) is 2.56. The first-order valence-electron chi connectivity index (χ1n) is 5.49. The normalized spacial score (nSPS) is 10.7. The molecule has 2 rings (SSSR count). The Morgan fingerprint density at radius 2 is 2.22 bits per heavy atom. The number of hydrogen-bond donors (Lipinski definition) is 0. The van der Waals surface area contributed by atoms with Crippen LogP contribution >= 0.6 is 0 Å². The summed E-state index contributed by atoms with van der Waals surface area (Å²) in [5.41, 5.74) is 0.607. The predicted octanol–water partition coefficient (Wildman–Crippen LogP) is 1.97. The fraction of sp³-hybridized carbons (Fsp3) is 0.333. The van der Waals surface area contributed by atoms with Gasteiger partial charge in [0.05, 0.1) is 19.4 Å². The summed E-state index contributed by atoms with van der Waals surface area (Å²) >= 11 is 0. The summed E-state index contributed by atoms with van der Waals surface area (Å²) in [7, 11) is 1.45. The molecule has 0 saturated carbocycles. The van der Waals surface area contributed by atoms with Gasteiger partial charge in [0, 0.05) is 6.07 Å². The van der Waals surface area contributed by atoms with E-state index >= 15 is 0 Å². The molecule has 0 radical (unpaired) electrons. The maximum Gasteiger partial charge on any atom is 0.342 e. The highest BCUT2D eigenvalue weighted by Gasteiger charge is 2.22. The van der Waals surface area contributed by atoms with E-state index in [9.17, 15) is 9.18 Å². The second-order valence-electron chi connectivity index (χ2n) is 3.66. The van der Waals surface area contributed by atoms with Gasteiger partial charge in [0.1, 0.15) is 16.9 Å². The van der Waals surface area contributed by atoms with Gasteiger partial charge in [-0.15, -0.1) is 0 Å². The highest BCUT2D eigenvalue weighted by molar-refractivity contribution is 5.98. The molecule has 0 aliphatic rings. The van der Waals surface area contributed by atoms with Crippen LogP contribution in [0.1, 0.15) is 23.0 Å². The molecule has 0 N–H and O–H groups in total.